The number of anilines is 1. The maximum Gasteiger partial charge on any atom is 0.336 e. The Morgan fingerprint density at radius 3 is 2.54 bits per heavy atom. The number of hydrogen-bond donors (Lipinski definition) is 0. The maximum atomic E-state index is 12.6. The molecule has 1 heterocycles. The summed E-state index contributed by atoms with van der Waals surface area (Å²) < 4.78 is 11.1. The van der Waals surface area contributed by atoms with Crippen LogP contribution in [-0.2, 0) is 4.79 Å². The molecule has 1 amide bonds. The number of amides is 1. The van der Waals surface area contributed by atoms with E-state index in [1.165, 1.54) is 6.07 Å². The molecule has 2 aromatic carbocycles. The summed E-state index contributed by atoms with van der Waals surface area (Å²) in [4.78, 5) is 25.9. The number of aryl methyl sites for hydroxylation is 2. The van der Waals surface area contributed by atoms with Gasteiger partial charge in [-0.05, 0) is 50.6 Å². The zero-order valence-electron chi connectivity index (χ0n) is 15.1. The summed E-state index contributed by atoms with van der Waals surface area (Å²) in [6, 6.07) is 14.6. The van der Waals surface area contributed by atoms with Crippen molar-refractivity contribution >= 4 is 22.6 Å². The molecule has 1 aromatic heterocycles. The fourth-order valence-electron chi connectivity index (χ4n) is 2.98. The summed E-state index contributed by atoms with van der Waals surface area (Å²) in [6.07, 6.45) is 0. The molecule has 134 valence electrons. The fourth-order valence-corrected chi connectivity index (χ4v) is 2.98. The lowest BCUT2D eigenvalue weighted by molar-refractivity contribution is -0.120. The van der Waals surface area contributed by atoms with Crippen LogP contribution in [0.15, 0.2) is 57.7 Å². The Morgan fingerprint density at radius 2 is 1.85 bits per heavy atom. The van der Waals surface area contributed by atoms with Gasteiger partial charge in [-0.2, -0.15) is 0 Å². The summed E-state index contributed by atoms with van der Waals surface area (Å²) in [7, 11) is 0. The van der Waals surface area contributed by atoms with Crippen molar-refractivity contribution in [3.63, 3.8) is 0 Å². The minimum absolute atomic E-state index is 0.0921. The molecule has 3 aromatic rings. The topological polar surface area (TPSA) is 59.8 Å². The van der Waals surface area contributed by atoms with E-state index in [9.17, 15) is 9.59 Å². The van der Waals surface area contributed by atoms with Gasteiger partial charge in [0.1, 0.15) is 11.3 Å². The molecule has 0 fully saturated rings. The van der Waals surface area contributed by atoms with E-state index in [-0.39, 0.29) is 12.5 Å². The van der Waals surface area contributed by atoms with E-state index >= 15 is 0 Å². The Balaban J connectivity index is 1.82. The Labute approximate surface area is 151 Å². The summed E-state index contributed by atoms with van der Waals surface area (Å²) in [5.41, 5.74) is 2.49. The molecule has 5 nitrogen and oxygen atoms in total. The van der Waals surface area contributed by atoms with E-state index < -0.39 is 5.63 Å². The van der Waals surface area contributed by atoms with Gasteiger partial charge in [-0.15, -0.1) is 0 Å². The molecule has 0 aliphatic rings. The number of ether oxygens (including phenoxy) is 1. The van der Waals surface area contributed by atoms with Gasteiger partial charge in [0.15, 0.2) is 6.61 Å². The Hall–Kier alpha value is -3.08. The highest BCUT2D eigenvalue weighted by Crippen LogP contribution is 2.28. The van der Waals surface area contributed by atoms with E-state index in [0.717, 1.165) is 16.6 Å². The van der Waals surface area contributed by atoms with Crippen LogP contribution in [0.2, 0.25) is 0 Å². The van der Waals surface area contributed by atoms with Crippen LogP contribution < -0.4 is 15.3 Å². The third-order valence-electron chi connectivity index (χ3n) is 4.35. The molecule has 0 spiro atoms. The lowest BCUT2D eigenvalue weighted by atomic mass is 10.1. The van der Waals surface area contributed by atoms with Gasteiger partial charge in [0.2, 0.25) is 0 Å². The van der Waals surface area contributed by atoms with Crippen LogP contribution in [0.4, 0.5) is 5.69 Å². The number of benzene rings is 2. The van der Waals surface area contributed by atoms with E-state index in [1.54, 1.807) is 11.0 Å². The summed E-state index contributed by atoms with van der Waals surface area (Å²) >= 11 is 0. The zero-order valence-corrected chi connectivity index (χ0v) is 15.1. The number of hydrogen-bond acceptors (Lipinski definition) is 4. The molecule has 0 atom stereocenters. The quantitative estimate of drug-likeness (QED) is 0.655. The average Bonchev–Trinajstić information content (AvgIpc) is 2.63. The molecule has 0 saturated heterocycles. The predicted molar refractivity (Wildman–Crippen MR) is 102 cm³/mol. The van der Waals surface area contributed by atoms with Crippen molar-refractivity contribution < 1.29 is 13.9 Å². The zero-order chi connectivity index (χ0) is 18.7. The van der Waals surface area contributed by atoms with Crippen LogP contribution in [0.5, 0.6) is 5.75 Å². The molecule has 0 unspecified atom stereocenters. The maximum absolute atomic E-state index is 12.6. The van der Waals surface area contributed by atoms with E-state index in [2.05, 4.69) is 0 Å². The first-order valence-corrected chi connectivity index (χ1v) is 8.53. The van der Waals surface area contributed by atoms with Gasteiger partial charge in [-0.3, -0.25) is 4.79 Å². The molecule has 0 aliphatic heterocycles. The third-order valence-corrected chi connectivity index (χ3v) is 4.35. The molecular weight excluding hydrogens is 330 g/mol. The van der Waals surface area contributed by atoms with Crippen molar-refractivity contribution in [2.24, 2.45) is 0 Å². The highest BCUT2D eigenvalue weighted by molar-refractivity contribution is 5.94. The minimum atomic E-state index is -0.396. The van der Waals surface area contributed by atoms with Crippen molar-refractivity contribution in [2.45, 2.75) is 20.8 Å². The van der Waals surface area contributed by atoms with Gasteiger partial charge in [0.25, 0.3) is 5.91 Å². The second-order valence-electron chi connectivity index (χ2n) is 6.08. The van der Waals surface area contributed by atoms with Gasteiger partial charge in [0, 0.05) is 29.2 Å². The number of fused-ring (bicyclic) bond motifs is 1. The predicted octanol–water partition coefficient (Wildman–Crippen LogP) is 3.84. The van der Waals surface area contributed by atoms with Gasteiger partial charge in [0.05, 0.1) is 0 Å². The van der Waals surface area contributed by atoms with Crippen molar-refractivity contribution in [3.8, 4) is 5.75 Å². The second kappa shape index (κ2) is 7.44. The highest BCUT2D eigenvalue weighted by Gasteiger charge is 2.16. The average molecular weight is 351 g/mol. The van der Waals surface area contributed by atoms with Gasteiger partial charge in [-0.1, -0.05) is 18.2 Å². The van der Waals surface area contributed by atoms with Gasteiger partial charge >= 0.3 is 5.63 Å². The molecule has 0 radical (unpaired) electrons. The summed E-state index contributed by atoms with van der Waals surface area (Å²) in [6.45, 7) is 6.06. The van der Waals surface area contributed by atoms with Crippen molar-refractivity contribution in [3.05, 3.63) is 70.1 Å². The Morgan fingerprint density at radius 1 is 1.12 bits per heavy atom. The number of likely N-dealkylation sites (N-methyl/N-ethyl adjacent to an activating group) is 1. The SMILES string of the molecule is CCN(C(=O)COc1ccc2c(C)cc(=O)oc2c1C)c1ccccc1. The van der Waals surface area contributed by atoms with E-state index in [0.29, 0.717) is 23.4 Å². The second-order valence-corrected chi connectivity index (χ2v) is 6.08. The van der Waals surface area contributed by atoms with Gasteiger partial charge in [-0.25, -0.2) is 4.79 Å². The van der Waals surface area contributed by atoms with Crippen LogP contribution in [-0.4, -0.2) is 19.1 Å². The first kappa shape index (κ1) is 17.7. The molecule has 0 saturated carbocycles. The van der Waals surface area contributed by atoms with Crippen molar-refractivity contribution in [2.75, 3.05) is 18.1 Å². The molecule has 0 aliphatic carbocycles. The smallest absolute Gasteiger partial charge is 0.336 e. The highest BCUT2D eigenvalue weighted by atomic mass is 16.5. The van der Waals surface area contributed by atoms with Crippen LogP contribution in [0, 0.1) is 13.8 Å². The minimum Gasteiger partial charge on any atom is -0.483 e. The largest absolute Gasteiger partial charge is 0.483 e. The van der Waals surface area contributed by atoms with Crippen molar-refractivity contribution in [1.82, 2.24) is 0 Å². The molecule has 3 rings (SSSR count). The summed E-state index contributed by atoms with van der Waals surface area (Å²) in [5, 5.41) is 0.861. The summed E-state index contributed by atoms with van der Waals surface area (Å²) in [5.74, 6) is 0.396. The van der Waals surface area contributed by atoms with Gasteiger partial charge < -0.3 is 14.1 Å². The van der Waals surface area contributed by atoms with Crippen LogP contribution in [0.3, 0.4) is 0 Å². The first-order valence-electron chi connectivity index (χ1n) is 8.53. The lowest BCUT2D eigenvalue weighted by Gasteiger charge is -2.21. The lowest BCUT2D eigenvalue weighted by Crippen LogP contribution is -2.34. The molecule has 5 heteroatoms. The molecule has 26 heavy (non-hydrogen) atoms. The van der Waals surface area contributed by atoms with Crippen LogP contribution >= 0.6 is 0 Å². The Kier molecular flexibility index (Phi) is 5.07. The first-order chi connectivity index (χ1) is 12.5. The van der Waals surface area contributed by atoms with E-state index in [4.69, 9.17) is 9.15 Å². The Bertz CT molecular complexity index is 992. The molecule has 0 bridgehead atoms. The third kappa shape index (κ3) is 3.47. The van der Waals surface area contributed by atoms with Crippen LogP contribution in [0.25, 0.3) is 11.0 Å². The number of nitrogens with zero attached hydrogens (tertiary/aromatic N) is 1. The number of para-hydroxylation sites is 1. The number of rotatable bonds is 5. The molecule has 0 N–H and O–H groups in total. The fraction of sp³-hybridized carbons (Fsp3) is 0.238. The number of carbonyl (C=O) groups excluding carboxylic acids is 1. The monoisotopic (exact) mass is 351 g/mol. The standard InChI is InChI=1S/C21H21NO4/c1-4-22(16-8-6-5-7-9-16)19(23)13-25-18-11-10-17-14(2)12-20(24)26-21(17)15(18)3/h5-12H,4,13H2,1-3H3. The normalized spacial score (nSPS) is 10.7. The van der Waals surface area contributed by atoms with Crippen LogP contribution in [0.1, 0.15) is 18.1 Å². The van der Waals surface area contributed by atoms with Crippen molar-refractivity contribution in [1.29, 1.82) is 0 Å². The van der Waals surface area contributed by atoms with E-state index in [1.807, 2.05) is 57.2 Å². The molecular formula is C21H21NO4. The number of carbonyl (C=O) groups is 1.